The van der Waals surface area contributed by atoms with Crippen molar-refractivity contribution in [3.63, 3.8) is 0 Å². The molecule has 7 aromatic carbocycles. The summed E-state index contributed by atoms with van der Waals surface area (Å²) in [7, 11) is 0. The molecule has 0 fully saturated rings. The first-order valence-corrected chi connectivity index (χ1v) is 16.7. The summed E-state index contributed by atoms with van der Waals surface area (Å²) in [6.45, 7) is 4.70. The number of benzene rings is 7. The molecule has 0 N–H and O–H groups in total. The first kappa shape index (κ1) is 28.4. The van der Waals surface area contributed by atoms with Gasteiger partial charge in [0, 0.05) is 44.6 Å². The fourth-order valence-corrected chi connectivity index (χ4v) is 8.02. The van der Waals surface area contributed by atoms with Gasteiger partial charge in [0.25, 0.3) is 0 Å². The van der Waals surface area contributed by atoms with E-state index in [1.807, 2.05) is 0 Å². The standard InChI is InChI=1S/C46H35NO/c1-45(2)41-25-15-14-24-39(41)42-37-22-12-13-23-38(37)44-40(43(42)45)30-31-46(48-44,32-16-6-3-7-17-32)33-26-28-36(29-27-33)47(34-18-8-4-9-19-34)35-20-10-5-11-21-35/h3-31H,1-2H3. The van der Waals surface area contributed by atoms with Crippen LogP contribution >= 0.6 is 0 Å². The van der Waals surface area contributed by atoms with E-state index in [2.05, 4.69) is 195 Å². The van der Waals surface area contributed by atoms with Crippen LogP contribution < -0.4 is 9.64 Å². The van der Waals surface area contributed by atoms with E-state index >= 15 is 0 Å². The third-order valence-electron chi connectivity index (χ3n) is 10.2. The van der Waals surface area contributed by atoms with E-state index in [-0.39, 0.29) is 5.41 Å². The Bertz CT molecular complexity index is 2280. The molecule has 9 rings (SSSR count). The molecule has 0 spiro atoms. The van der Waals surface area contributed by atoms with Crippen molar-refractivity contribution < 1.29 is 4.74 Å². The number of hydrogen-bond acceptors (Lipinski definition) is 2. The number of nitrogens with zero attached hydrogens (tertiary/aromatic N) is 1. The summed E-state index contributed by atoms with van der Waals surface area (Å²) in [5.41, 5.74) is 11.0. The Morgan fingerprint density at radius 1 is 0.500 bits per heavy atom. The Hall–Kier alpha value is -5.86. The maximum Gasteiger partial charge on any atom is 0.178 e. The van der Waals surface area contributed by atoms with Crippen molar-refractivity contribution in [2.45, 2.75) is 24.9 Å². The van der Waals surface area contributed by atoms with E-state index in [9.17, 15) is 0 Å². The number of fused-ring (bicyclic) bond motifs is 8. The van der Waals surface area contributed by atoms with E-state index in [0.29, 0.717) is 0 Å². The SMILES string of the molecule is CC1(C)c2ccccc2-c2c1c1c(c3ccccc23)OC(c2ccccc2)(c2ccc(N(c3ccccc3)c3ccccc3)cc2)C=C1. The highest BCUT2D eigenvalue weighted by Gasteiger charge is 2.44. The lowest BCUT2D eigenvalue weighted by Crippen LogP contribution is -2.35. The Kier molecular flexibility index (Phi) is 6.42. The third-order valence-corrected chi connectivity index (χ3v) is 10.2. The van der Waals surface area contributed by atoms with Crippen LogP contribution in [0, 0.1) is 0 Å². The number of anilines is 3. The summed E-state index contributed by atoms with van der Waals surface area (Å²) in [5.74, 6) is 0.941. The number of para-hydroxylation sites is 2. The summed E-state index contributed by atoms with van der Waals surface area (Å²) in [5, 5.41) is 2.37. The molecular formula is C46H35NO. The van der Waals surface area contributed by atoms with E-state index in [0.717, 1.165) is 39.3 Å². The second-order valence-corrected chi connectivity index (χ2v) is 13.3. The van der Waals surface area contributed by atoms with Gasteiger partial charge in [0.2, 0.25) is 0 Å². The van der Waals surface area contributed by atoms with Crippen molar-refractivity contribution in [3.05, 3.63) is 198 Å². The van der Waals surface area contributed by atoms with Crippen LogP contribution in [0.1, 0.15) is 41.7 Å². The van der Waals surface area contributed by atoms with E-state index in [1.165, 1.54) is 33.2 Å². The minimum Gasteiger partial charge on any atom is -0.472 e. The maximum atomic E-state index is 7.49. The van der Waals surface area contributed by atoms with Gasteiger partial charge in [-0.1, -0.05) is 147 Å². The number of hydrogen-bond donors (Lipinski definition) is 0. The summed E-state index contributed by atoms with van der Waals surface area (Å²) >= 11 is 0. The molecule has 230 valence electrons. The van der Waals surface area contributed by atoms with Gasteiger partial charge >= 0.3 is 0 Å². The van der Waals surface area contributed by atoms with Crippen LogP contribution in [0.15, 0.2) is 170 Å². The largest absolute Gasteiger partial charge is 0.472 e. The molecule has 7 aromatic rings. The highest BCUT2D eigenvalue weighted by molar-refractivity contribution is 6.08. The zero-order chi connectivity index (χ0) is 32.3. The predicted octanol–water partition coefficient (Wildman–Crippen LogP) is 12.0. The lowest BCUT2D eigenvalue weighted by molar-refractivity contribution is 0.163. The molecule has 1 heterocycles. The third kappa shape index (κ3) is 4.19. The van der Waals surface area contributed by atoms with Crippen molar-refractivity contribution >= 4 is 33.9 Å². The summed E-state index contributed by atoms with van der Waals surface area (Å²) in [6.07, 6.45) is 4.61. The minimum atomic E-state index is -0.816. The van der Waals surface area contributed by atoms with Gasteiger partial charge in [0.15, 0.2) is 5.60 Å². The molecule has 0 saturated carbocycles. The molecule has 1 unspecified atom stereocenters. The molecule has 0 aromatic heterocycles. The Labute approximate surface area is 282 Å². The Morgan fingerprint density at radius 3 is 1.69 bits per heavy atom. The van der Waals surface area contributed by atoms with Crippen LogP contribution in [0.2, 0.25) is 0 Å². The van der Waals surface area contributed by atoms with E-state index in [1.54, 1.807) is 0 Å². The van der Waals surface area contributed by atoms with Crippen molar-refractivity contribution in [2.24, 2.45) is 0 Å². The van der Waals surface area contributed by atoms with Gasteiger partial charge in [0.05, 0.1) is 0 Å². The van der Waals surface area contributed by atoms with Crippen LogP contribution in [-0.4, -0.2) is 0 Å². The molecule has 2 aliphatic rings. The van der Waals surface area contributed by atoms with Gasteiger partial charge in [-0.15, -0.1) is 0 Å². The van der Waals surface area contributed by atoms with Gasteiger partial charge < -0.3 is 9.64 Å². The Balaban J connectivity index is 1.23. The zero-order valence-electron chi connectivity index (χ0n) is 27.1. The average Bonchev–Trinajstić information content (AvgIpc) is 3.40. The summed E-state index contributed by atoms with van der Waals surface area (Å²) in [6, 6.07) is 58.2. The normalized spacial score (nSPS) is 16.9. The van der Waals surface area contributed by atoms with Crippen LogP contribution in [0.3, 0.4) is 0 Å². The quantitative estimate of drug-likeness (QED) is 0.191. The second-order valence-electron chi connectivity index (χ2n) is 13.3. The second kappa shape index (κ2) is 10.9. The average molecular weight is 618 g/mol. The molecule has 48 heavy (non-hydrogen) atoms. The first-order valence-electron chi connectivity index (χ1n) is 16.7. The van der Waals surface area contributed by atoms with Crippen molar-refractivity contribution in [1.29, 1.82) is 0 Å². The maximum absolute atomic E-state index is 7.49. The zero-order valence-corrected chi connectivity index (χ0v) is 27.1. The fourth-order valence-electron chi connectivity index (χ4n) is 8.02. The van der Waals surface area contributed by atoms with Crippen LogP contribution in [0.4, 0.5) is 17.1 Å². The summed E-state index contributed by atoms with van der Waals surface area (Å²) < 4.78 is 7.49. The van der Waals surface area contributed by atoms with Crippen molar-refractivity contribution in [3.8, 4) is 16.9 Å². The number of rotatable bonds is 5. The lowest BCUT2D eigenvalue weighted by Gasteiger charge is -2.38. The van der Waals surface area contributed by atoms with Gasteiger partial charge in [0.1, 0.15) is 5.75 Å². The highest BCUT2D eigenvalue weighted by atomic mass is 16.5. The first-order chi connectivity index (χ1) is 23.6. The number of ether oxygens (including phenoxy) is 1. The van der Waals surface area contributed by atoms with Gasteiger partial charge in [-0.25, -0.2) is 0 Å². The monoisotopic (exact) mass is 617 g/mol. The lowest BCUT2D eigenvalue weighted by atomic mass is 9.77. The van der Waals surface area contributed by atoms with Gasteiger partial charge in [-0.05, 0) is 70.1 Å². The van der Waals surface area contributed by atoms with Crippen LogP contribution in [0.5, 0.6) is 5.75 Å². The molecular weight excluding hydrogens is 583 g/mol. The van der Waals surface area contributed by atoms with Gasteiger partial charge in [-0.2, -0.15) is 0 Å². The smallest absolute Gasteiger partial charge is 0.178 e. The molecule has 0 amide bonds. The predicted molar refractivity (Wildman–Crippen MR) is 200 cm³/mol. The molecule has 0 saturated heterocycles. The van der Waals surface area contributed by atoms with Crippen LogP contribution in [0.25, 0.3) is 28.0 Å². The molecule has 1 aliphatic heterocycles. The van der Waals surface area contributed by atoms with E-state index in [4.69, 9.17) is 4.74 Å². The molecule has 0 bridgehead atoms. The van der Waals surface area contributed by atoms with Gasteiger partial charge in [-0.3, -0.25) is 0 Å². The molecule has 2 nitrogen and oxygen atoms in total. The molecule has 1 atom stereocenters. The molecule has 2 heteroatoms. The molecule has 1 aliphatic carbocycles. The Morgan fingerprint density at radius 2 is 1.02 bits per heavy atom. The summed E-state index contributed by atoms with van der Waals surface area (Å²) in [4.78, 5) is 2.29. The fraction of sp³-hybridized carbons (Fsp3) is 0.0870. The van der Waals surface area contributed by atoms with Crippen molar-refractivity contribution in [2.75, 3.05) is 4.90 Å². The topological polar surface area (TPSA) is 12.5 Å². The molecule has 0 radical (unpaired) electrons. The minimum absolute atomic E-state index is 0.166. The van der Waals surface area contributed by atoms with E-state index < -0.39 is 5.60 Å². The van der Waals surface area contributed by atoms with Crippen molar-refractivity contribution in [1.82, 2.24) is 0 Å². The van der Waals surface area contributed by atoms with Crippen LogP contribution in [-0.2, 0) is 11.0 Å². The highest BCUT2D eigenvalue weighted by Crippen LogP contribution is 2.58.